The summed E-state index contributed by atoms with van der Waals surface area (Å²) >= 11 is 0. The predicted octanol–water partition coefficient (Wildman–Crippen LogP) is 1.35. The van der Waals surface area contributed by atoms with Crippen LogP contribution in [0.15, 0.2) is 12.1 Å². The molecule has 1 saturated carbocycles. The van der Waals surface area contributed by atoms with E-state index in [4.69, 9.17) is 10.00 Å². The van der Waals surface area contributed by atoms with Gasteiger partial charge in [0.05, 0.1) is 12.2 Å². The largest absolute Gasteiger partial charge is 0.371 e. The normalized spacial score (nSPS) is 27.9. The number of ether oxygens (including phenoxy) is 1. The van der Waals surface area contributed by atoms with E-state index in [1.165, 1.54) is 12.8 Å². The summed E-state index contributed by atoms with van der Waals surface area (Å²) in [6, 6.07) is 5.57. The Morgan fingerprint density at radius 3 is 2.78 bits per heavy atom. The Kier molecular flexibility index (Phi) is 2.88. The Hall–Kier alpha value is -1.67. The monoisotopic (exact) mass is 244 g/mol. The van der Waals surface area contributed by atoms with E-state index < -0.39 is 0 Å². The molecule has 2 aliphatic rings. The lowest BCUT2D eigenvalue weighted by Crippen LogP contribution is -2.47. The van der Waals surface area contributed by atoms with Gasteiger partial charge in [-0.3, -0.25) is 0 Å². The van der Waals surface area contributed by atoms with Gasteiger partial charge < -0.3 is 9.64 Å². The number of hydrogen-bond donors (Lipinski definition) is 0. The van der Waals surface area contributed by atoms with Gasteiger partial charge in [0.25, 0.3) is 0 Å². The molecule has 0 bridgehead atoms. The molecule has 5 heteroatoms. The second-order valence-electron chi connectivity index (χ2n) is 5.12. The standard InChI is InChI=1S/C13H16N4O/c1-9-7-17(8-12(18-9)10-2-3-10)13-5-4-11(6-14)15-16-13/h4-5,9-10,12H,2-3,7-8H2,1H3/t9-,12+/m1/s1. The van der Waals surface area contributed by atoms with Crippen LogP contribution in [0.2, 0.25) is 0 Å². The molecular weight excluding hydrogens is 228 g/mol. The van der Waals surface area contributed by atoms with Crippen LogP contribution in [-0.2, 0) is 4.74 Å². The molecule has 0 aromatic carbocycles. The molecule has 1 aliphatic heterocycles. The third kappa shape index (κ3) is 2.29. The molecule has 2 heterocycles. The van der Waals surface area contributed by atoms with Gasteiger partial charge in [0, 0.05) is 13.1 Å². The molecule has 0 unspecified atom stereocenters. The van der Waals surface area contributed by atoms with E-state index in [0.29, 0.717) is 11.8 Å². The van der Waals surface area contributed by atoms with Crippen molar-refractivity contribution in [2.75, 3.05) is 18.0 Å². The van der Waals surface area contributed by atoms with Gasteiger partial charge in [-0.05, 0) is 37.8 Å². The van der Waals surface area contributed by atoms with Gasteiger partial charge in [-0.15, -0.1) is 10.2 Å². The maximum absolute atomic E-state index is 8.72. The number of hydrogen-bond acceptors (Lipinski definition) is 5. The zero-order chi connectivity index (χ0) is 12.5. The van der Waals surface area contributed by atoms with Crippen molar-refractivity contribution in [3.63, 3.8) is 0 Å². The lowest BCUT2D eigenvalue weighted by atomic mass is 10.1. The van der Waals surface area contributed by atoms with Gasteiger partial charge in [-0.1, -0.05) is 0 Å². The summed E-state index contributed by atoms with van der Waals surface area (Å²) in [5, 5.41) is 16.7. The second kappa shape index (κ2) is 4.54. The second-order valence-corrected chi connectivity index (χ2v) is 5.12. The molecule has 2 fully saturated rings. The Bertz CT molecular complexity index is 463. The van der Waals surface area contributed by atoms with Crippen molar-refractivity contribution in [3.8, 4) is 6.07 Å². The number of rotatable bonds is 2. The minimum Gasteiger partial charge on any atom is -0.371 e. The van der Waals surface area contributed by atoms with E-state index in [1.807, 2.05) is 12.1 Å². The van der Waals surface area contributed by atoms with Crippen molar-refractivity contribution in [3.05, 3.63) is 17.8 Å². The highest BCUT2D eigenvalue weighted by atomic mass is 16.5. The summed E-state index contributed by atoms with van der Waals surface area (Å²) < 4.78 is 5.96. The number of nitriles is 1. The summed E-state index contributed by atoms with van der Waals surface area (Å²) in [4.78, 5) is 2.21. The quantitative estimate of drug-likeness (QED) is 0.786. The van der Waals surface area contributed by atoms with Crippen LogP contribution < -0.4 is 4.90 Å². The van der Waals surface area contributed by atoms with E-state index in [0.717, 1.165) is 24.8 Å². The van der Waals surface area contributed by atoms with Crippen molar-refractivity contribution >= 4 is 5.82 Å². The van der Waals surface area contributed by atoms with Crippen LogP contribution in [0.4, 0.5) is 5.82 Å². The van der Waals surface area contributed by atoms with Gasteiger partial charge in [-0.25, -0.2) is 0 Å². The SMILES string of the molecule is C[C@@H]1CN(c2ccc(C#N)nn2)C[C@@H](C2CC2)O1. The third-order valence-electron chi connectivity index (χ3n) is 3.52. The van der Waals surface area contributed by atoms with E-state index in [1.54, 1.807) is 6.07 Å². The van der Waals surface area contributed by atoms with Crippen LogP contribution in [0.1, 0.15) is 25.5 Å². The molecule has 5 nitrogen and oxygen atoms in total. The fraction of sp³-hybridized carbons (Fsp3) is 0.615. The Morgan fingerprint density at radius 1 is 1.33 bits per heavy atom. The van der Waals surface area contributed by atoms with E-state index in [2.05, 4.69) is 22.0 Å². The van der Waals surface area contributed by atoms with Gasteiger partial charge in [0.1, 0.15) is 6.07 Å². The molecule has 1 aromatic heterocycles. The van der Waals surface area contributed by atoms with E-state index >= 15 is 0 Å². The maximum Gasteiger partial charge on any atom is 0.163 e. The highest BCUT2D eigenvalue weighted by Gasteiger charge is 2.37. The molecule has 18 heavy (non-hydrogen) atoms. The van der Waals surface area contributed by atoms with Crippen molar-refractivity contribution in [2.24, 2.45) is 5.92 Å². The molecule has 1 aromatic rings. The fourth-order valence-corrected chi connectivity index (χ4v) is 2.46. The Morgan fingerprint density at radius 2 is 2.17 bits per heavy atom. The molecule has 3 rings (SSSR count). The molecule has 0 spiro atoms. The summed E-state index contributed by atoms with van der Waals surface area (Å²) in [5.74, 6) is 1.57. The van der Waals surface area contributed by atoms with Gasteiger partial charge >= 0.3 is 0 Å². The minimum atomic E-state index is 0.224. The molecular formula is C13H16N4O. The lowest BCUT2D eigenvalue weighted by Gasteiger charge is -2.37. The maximum atomic E-state index is 8.72. The highest BCUT2D eigenvalue weighted by Crippen LogP contribution is 2.37. The first-order chi connectivity index (χ1) is 8.76. The van der Waals surface area contributed by atoms with Crippen molar-refractivity contribution < 1.29 is 4.74 Å². The average molecular weight is 244 g/mol. The van der Waals surface area contributed by atoms with E-state index in [9.17, 15) is 0 Å². The third-order valence-corrected chi connectivity index (χ3v) is 3.52. The lowest BCUT2D eigenvalue weighted by molar-refractivity contribution is -0.0274. The van der Waals surface area contributed by atoms with Crippen LogP contribution in [-0.4, -0.2) is 35.5 Å². The molecule has 94 valence electrons. The average Bonchev–Trinajstić information content (AvgIpc) is 3.22. The fourth-order valence-electron chi connectivity index (χ4n) is 2.46. The smallest absolute Gasteiger partial charge is 0.163 e. The van der Waals surface area contributed by atoms with Crippen LogP contribution in [0.5, 0.6) is 0 Å². The molecule has 2 atom stereocenters. The zero-order valence-electron chi connectivity index (χ0n) is 10.4. The summed E-state index contributed by atoms with van der Waals surface area (Å²) in [7, 11) is 0. The van der Waals surface area contributed by atoms with Crippen molar-refractivity contribution in [2.45, 2.75) is 32.0 Å². The molecule has 0 radical (unpaired) electrons. The van der Waals surface area contributed by atoms with Crippen LogP contribution in [0, 0.1) is 17.2 Å². The van der Waals surface area contributed by atoms with Crippen LogP contribution in [0.3, 0.4) is 0 Å². The van der Waals surface area contributed by atoms with Crippen LogP contribution >= 0.6 is 0 Å². The van der Waals surface area contributed by atoms with Gasteiger partial charge in [0.15, 0.2) is 11.5 Å². The predicted molar refractivity (Wildman–Crippen MR) is 66.0 cm³/mol. The molecule has 0 amide bonds. The summed E-state index contributed by atoms with van der Waals surface area (Å²) in [6.07, 6.45) is 3.11. The topological polar surface area (TPSA) is 62.0 Å². The first-order valence-corrected chi connectivity index (χ1v) is 6.40. The van der Waals surface area contributed by atoms with E-state index in [-0.39, 0.29) is 6.10 Å². The van der Waals surface area contributed by atoms with Crippen molar-refractivity contribution in [1.29, 1.82) is 5.26 Å². The summed E-state index contributed by atoms with van der Waals surface area (Å²) in [6.45, 7) is 3.82. The van der Waals surface area contributed by atoms with Crippen LogP contribution in [0.25, 0.3) is 0 Å². The van der Waals surface area contributed by atoms with Gasteiger partial charge in [0.2, 0.25) is 0 Å². The van der Waals surface area contributed by atoms with Gasteiger partial charge in [-0.2, -0.15) is 5.26 Å². The Balaban J connectivity index is 1.75. The number of morpholine rings is 1. The number of anilines is 1. The minimum absolute atomic E-state index is 0.224. The first kappa shape index (κ1) is 11.4. The highest BCUT2D eigenvalue weighted by molar-refractivity contribution is 5.40. The summed E-state index contributed by atoms with van der Waals surface area (Å²) in [5.41, 5.74) is 0.360. The molecule has 0 N–H and O–H groups in total. The zero-order valence-corrected chi connectivity index (χ0v) is 10.4. The Labute approximate surface area is 106 Å². The van der Waals surface area contributed by atoms with Crippen molar-refractivity contribution in [1.82, 2.24) is 10.2 Å². The first-order valence-electron chi connectivity index (χ1n) is 6.40. The molecule has 1 saturated heterocycles. The molecule has 1 aliphatic carbocycles. The number of nitrogens with zero attached hydrogens (tertiary/aromatic N) is 4. The number of aromatic nitrogens is 2.